The standard InChI is InChI=1S/C21H16N2O/c24-14-16-8-3-6-15-7-4-9-17(21(15)16)18-11-5-12-20(23-18)19-10-1-2-13-22-19/h1-13,24H,14H2. The van der Waals surface area contributed by atoms with Crippen molar-refractivity contribution in [3.63, 3.8) is 0 Å². The van der Waals surface area contributed by atoms with E-state index < -0.39 is 0 Å². The fraction of sp³-hybridized carbons (Fsp3) is 0.0476. The number of rotatable bonds is 3. The molecule has 2 heterocycles. The first-order chi connectivity index (χ1) is 11.9. The Morgan fingerprint density at radius 1 is 0.708 bits per heavy atom. The molecule has 0 aliphatic carbocycles. The van der Waals surface area contributed by atoms with E-state index >= 15 is 0 Å². The van der Waals surface area contributed by atoms with Crippen LogP contribution in [0.25, 0.3) is 33.4 Å². The molecule has 1 N–H and O–H groups in total. The van der Waals surface area contributed by atoms with Gasteiger partial charge < -0.3 is 5.11 Å². The summed E-state index contributed by atoms with van der Waals surface area (Å²) in [5, 5.41) is 11.9. The average Bonchev–Trinajstić information content (AvgIpc) is 2.68. The van der Waals surface area contributed by atoms with Crippen molar-refractivity contribution in [1.82, 2.24) is 9.97 Å². The second-order valence-electron chi connectivity index (χ2n) is 5.60. The van der Waals surface area contributed by atoms with Crippen molar-refractivity contribution in [3.05, 3.63) is 84.6 Å². The van der Waals surface area contributed by atoms with E-state index in [9.17, 15) is 5.11 Å². The normalized spacial score (nSPS) is 10.9. The molecule has 0 saturated heterocycles. The maximum absolute atomic E-state index is 9.71. The second-order valence-corrected chi connectivity index (χ2v) is 5.60. The summed E-state index contributed by atoms with van der Waals surface area (Å²) in [6, 6.07) is 23.9. The monoisotopic (exact) mass is 312 g/mol. The zero-order valence-corrected chi connectivity index (χ0v) is 13.1. The molecule has 0 fully saturated rings. The van der Waals surface area contributed by atoms with Gasteiger partial charge in [-0.1, -0.05) is 48.5 Å². The first kappa shape index (κ1) is 14.5. The van der Waals surface area contributed by atoms with E-state index in [1.807, 2.05) is 60.7 Å². The molecular formula is C21H16N2O. The van der Waals surface area contributed by atoms with Gasteiger partial charge in [0.2, 0.25) is 0 Å². The first-order valence-corrected chi connectivity index (χ1v) is 7.87. The van der Waals surface area contributed by atoms with Gasteiger partial charge in [0.15, 0.2) is 0 Å². The van der Waals surface area contributed by atoms with Gasteiger partial charge in [-0.15, -0.1) is 0 Å². The summed E-state index contributed by atoms with van der Waals surface area (Å²) in [5.74, 6) is 0. The molecule has 4 rings (SSSR count). The number of pyridine rings is 2. The van der Waals surface area contributed by atoms with Gasteiger partial charge in [0.25, 0.3) is 0 Å². The SMILES string of the molecule is OCc1cccc2cccc(-c3cccc(-c4ccccn4)n3)c12. The molecule has 116 valence electrons. The average molecular weight is 312 g/mol. The minimum absolute atomic E-state index is 0.00822. The number of fused-ring (bicyclic) bond motifs is 1. The van der Waals surface area contributed by atoms with Gasteiger partial charge in [-0.2, -0.15) is 0 Å². The maximum atomic E-state index is 9.71. The molecule has 24 heavy (non-hydrogen) atoms. The van der Waals surface area contributed by atoms with E-state index in [1.165, 1.54) is 0 Å². The summed E-state index contributed by atoms with van der Waals surface area (Å²) in [4.78, 5) is 9.17. The van der Waals surface area contributed by atoms with Crippen LogP contribution in [0.5, 0.6) is 0 Å². The lowest BCUT2D eigenvalue weighted by Crippen LogP contribution is -1.93. The van der Waals surface area contributed by atoms with Gasteiger partial charge in [-0.05, 0) is 40.6 Å². The van der Waals surface area contributed by atoms with Crippen molar-refractivity contribution in [2.45, 2.75) is 6.61 Å². The molecule has 0 amide bonds. The Morgan fingerprint density at radius 3 is 2.25 bits per heavy atom. The molecule has 0 aliphatic heterocycles. The van der Waals surface area contributed by atoms with Crippen molar-refractivity contribution in [3.8, 4) is 22.6 Å². The number of nitrogens with zero attached hydrogens (tertiary/aromatic N) is 2. The Labute approximate surface area is 140 Å². The third-order valence-corrected chi connectivity index (χ3v) is 4.11. The molecule has 0 aliphatic rings. The third-order valence-electron chi connectivity index (χ3n) is 4.11. The van der Waals surface area contributed by atoms with Crippen LogP contribution in [0.15, 0.2) is 79.0 Å². The van der Waals surface area contributed by atoms with Crippen LogP contribution in [0.2, 0.25) is 0 Å². The highest BCUT2D eigenvalue weighted by atomic mass is 16.3. The minimum Gasteiger partial charge on any atom is -0.392 e. The van der Waals surface area contributed by atoms with E-state index in [1.54, 1.807) is 6.20 Å². The van der Waals surface area contributed by atoms with E-state index in [-0.39, 0.29) is 6.61 Å². The summed E-state index contributed by atoms with van der Waals surface area (Å²) >= 11 is 0. The van der Waals surface area contributed by atoms with Crippen LogP contribution >= 0.6 is 0 Å². The third kappa shape index (κ3) is 2.55. The Bertz CT molecular complexity index is 992. The highest BCUT2D eigenvalue weighted by Gasteiger charge is 2.10. The summed E-state index contributed by atoms with van der Waals surface area (Å²) in [7, 11) is 0. The molecule has 4 aromatic rings. The Morgan fingerprint density at radius 2 is 1.46 bits per heavy atom. The van der Waals surface area contributed by atoms with Gasteiger partial charge in [-0.25, -0.2) is 4.98 Å². The number of aromatic nitrogens is 2. The quantitative estimate of drug-likeness (QED) is 0.607. The van der Waals surface area contributed by atoms with Crippen LogP contribution in [0.3, 0.4) is 0 Å². The van der Waals surface area contributed by atoms with E-state index in [0.29, 0.717) is 0 Å². The predicted octanol–water partition coefficient (Wildman–Crippen LogP) is 4.46. The number of aliphatic hydroxyl groups is 1. The summed E-state index contributed by atoms with van der Waals surface area (Å²) in [6.07, 6.45) is 1.77. The molecule has 2 aromatic heterocycles. The maximum Gasteiger partial charge on any atom is 0.0893 e. The van der Waals surface area contributed by atoms with Crippen molar-refractivity contribution in [2.24, 2.45) is 0 Å². The largest absolute Gasteiger partial charge is 0.392 e. The summed E-state index contributed by atoms with van der Waals surface area (Å²) in [5.41, 5.74) is 4.50. The number of benzene rings is 2. The Balaban J connectivity index is 1.93. The molecular weight excluding hydrogens is 296 g/mol. The molecule has 3 heteroatoms. The number of aliphatic hydroxyl groups excluding tert-OH is 1. The highest BCUT2D eigenvalue weighted by molar-refractivity contribution is 5.98. The fourth-order valence-electron chi connectivity index (χ4n) is 3.01. The Hall–Kier alpha value is -3.04. The first-order valence-electron chi connectivity index (χ1n) is 7.87. The lowest BCUT2D eigenvalue weighted by atomic mass is 9.97. The molecule has 0 unspecified atom stereocenters. The van der Waals surface area contributed by atoms with Crippen molar-refractivity contribution in [2.75, 3.05) is 0 Å². The summed E-state index contributed by atoms with van der Waals surface area (Å²) in [6.45, 7) is 0.00822. The number of hydrogen-bond acceptors (Lipinski definition) is 3. The lowest BCUT2D eigenvalue weighted by molar-refractivity contribution is 0.283. The van der Waals surface area contributed by atoms with Crippen LogP contribution < -0.4 is 0 Å². The smallest absolute Gasteiger partial charge is 0.0893 e. The second kappa shape index (κ2) is 6.22. The van der Waals surface area contributed by atoms with Gasteiger partial charge in [0.1, 0.15) is 0 Å². The van der Waals surface area contributed by atoms with Crippen molar-refractivity contribution in [1.29, 1.82) is 0 Å². The Kier molecular flexibility index (Phi) is 3.77. The van der Waals surface area contributed by atoms with Gasteiger partial charge >= 0.3 is 0 Å². The highest BCUT2D eigenvalue weighted by Crippen LogP contribution is 2.31. The number of hydrogen-bond donors (Lipinski definition) is 1. The molecule has 0 saturated carbocycles. The van der Waals surface area contributed by atoms with Crippen LogP contribution in [-0.4, -0.2) is 15.1 Å². The van der Waals surface area contributed by atoms with Crippen LogP contribution in [0.1, 0.15) is 5.56 Å². The molecule has 3 nitrogen and oxygen atoms in total. The molecule has 0 radical (unpaired) electrons. The molecule has 2 aromatic carbocycles. The van der Waals surface area contributed by atoms with Crippen molar-refractivity contribution >= 4 is 10.8 Å². The van der Waals surface area contributed by atoms with Crippen molar-refractivity contribution < 1.29 is 5.11 Å². The summed E-state index contributed by atoms with van der Waals surface area (Å²) < 4.78 is 0. The topological polar surface area (TPSA) is 46.0 Å². The van der Waals surface area contributed by atoms with Crippen LogP contribution in [-0.2, 0) is 6.61 Å². The van der Waals surface area contributed by atoms with E-state index in [0.717, 1.165) is 39.0 Å². The van der Waals surface area contributed by atoms with Gasteiger partial charge in [0.05, 0.1) is 23.7 Å². The van der Waals surface area contributed by atoms with Gasteiger partial charge in [-0.3, -0.25) is 4.98 Å². The van der Waals surface area contributed by atoms with E-state index in [4.69, 9.17) is 4.98 Å². The zero-order chi connectivity index (χ0) is 16.4. The predicted molar refractivity (Wildman–Crippen MR) is 96.3 cm³/mol. The fourth-order valence-corrected chi connectivity index (χ4v) is 3.01. The van der Waals surface area contributed by atoms with Crippen LogP contribution in [0, 0.1) is 0 Å². The molecule has 0 bridgehead atoms. The zero-order valence-electron chi connectivity index (χ0n) is 13.1. The lowest BCUT2D eigenvalue weighted by Gasteiger charge is -2.11. The minimum atomic E-state index is 0.00822. The molecule has 0 atom stereocenters. The molecule has 0 spiro atoms. The van der Waals surface area contributed by atoms with Gasteiger partial charge in [0, 0.05) is 11.8 Å². The van der Waals surface area contributed by atoms with Crippen LogP contribution in [0.4, 0.5) is 0 Å². The van der Waals surface area contributed by atoms with E-state index in [2.05, 4.69) is 17.1 Å².